The molecule has 1 unspecified atom stereocenters. The molecule has 0 aromatic heterocycles. The highest BCUT2D eigenvalue weighted by Gasteiger charge is 2.26. The molecule has 1 aromatic carbocycles. The van der Waals surface area contributed by atoms with Crippen LogP contribution in [0, 0.1) is 11.6 Å². The average molecular weight is 352 g/mol. The van der Waals surface area contributed by atoms with Crippen LogP contribution in [0.1, 0.15) is 18.0 Å². The molecule has 1 rings (SSSR count). The summed E-state index contributed by atoms with van der Waals surface area (Å²) in [5.74, 6) is -1.24. The topological polar surface area (TPSA) is 39.7 Å². The lowest BCUT2D eigenvalue weighted by molar-refractivity contribution is -0.132. The standard InChI is InChI=1S/C15H21F5N4/c1-21-14(22-8-7-15(18,19)20)23-9-12(24(2)3)13-10(16)5-4-6-11(13)17/h4-6,12H,7-9H2,1-3H3,(H2,21,22,23). The maximum absolute atomic E-state index is 13.9. The zero-order valence-corrected chi connectivity index (χ0v) is 13.7. The van der Waals surface area contributed by atoms with E-state index in [0.717, 1.165) is 12.1 Å². The molecule has 1 atom stereocenters. The number of benzene rings is 1. The number of likely N-dealkylation sites (N-methyl/N-ethyl adjacent to an activating group) is 1. The molecule has 0 heterocycles. The van der Waals surface area contributed by atoms with E-state index >= 15 is 0 Å². The Hall–Kier alpha value is -1.90. The maximum Gasteiger partial charge on any atom is 0.390 e. The first-order valence-electron chi connectivity index (χ1n) is 7.27. The van der Waals surface area contributed by atoms with Gasteiger partial charge in [-0.3, -0.25) is 4.99 Å². The number of hydrogen-bond acceptors (Lipinski definition) is 2. The molecule has 0 amide bonds. The third kappa shape index (κ3) is 6.31. The number of halogens is 5. The Balaban J connectivity index is 2.73. The minimum absolute atomic E-state index is 0.0660. The molecule has 0 aliphatic heterocycles. The highest BCUT2D eigenvalue weighted by atomic mass is 19.4. The fraction of sp³-hybridized carbons (Fsp3) is 0.533. The van der Waals surface area contributed by atoms with Crippen LogP contribution in [-0.2, 0) is 0 Å². The molecule has 24 heavy (non-hydrogen) atoms. The molecule has 1 aromatic rings. The van der Waals surface area contributed by atoms with Crippen LogP contribution in [0.4, 0.5) is 22.0 Å². The molecule has 0 saturated carbocycles. The molecule has 9 heteroatoms. The number of hydrogen-bond donors (Lipinski definition) is 2. The van der Waals surface area contributed by atoms with Gasteiger partial charge >= 0.3 is 6.18 Å². The number of nitrogens with one attached hydrogen (secondary N) is 2. The molecule has 0 aliphatic rings. The maximum atomic E-state index is 13.9. The summed E-state index contributed by atoms with van der Waals surface area (Å²) in [4.78, 5) is 5.41. The van der Waals surface area contributed by atoms with Gasteiger partial charge in [0.2, 0.25) is 0 Å². The van der Waals surface area contributed by atoms with Crippen molar-refractivity contribution in [3.63, 3.8) is 0 Å². The summed E-state index contributed by atoms with van der Waals surface area (Å²) in [5.41, 5.74) is -0.110. The monoisotopic (exact) mass is 352 g/mol. The third-order valence-electron chi connectivity index (χ3n) is 3.34. The van der Waals surface area contributed by atoms with Crippen molar-refractivity contribution in [3.05, 3.63) is 35.4 Å². The molecule has 0 aliphatic carbocycles. The van der Waals surface area contributed by atoms with Gasteiger partial charge in [-0.05, 0) is 26.2 Å². The van der Waals surface area contributed by atoms with E-state index in [9.17, 15) is 22.0 Å². The lowest BCUT2D eigenvalue weighted by Gasteiger charge is -2.26. The molecule has 0 bridgehead atoms. The highest BCUT2D eigenvalue weighted by molar-refractivity contribution is 5.79. The Kier molecular flexibility index (Phi) is 7.40. The van der Waals surface area contributed by atoms with Crippen LogP contribution in [0.3, 0.4) is 0 Å². The summed E-state index contributed by atoms with van der Waals surface area (Å²) in [6, 6.07) is 2.93. The second kappa shape index (κ2) is 8.81. The van der Waals surface area contributed by atoms with Crippen LogP contribution in [0.2, 0.25) is 0 Å². The summed E-state index contributed by atoms with van der Waals surface area (Å²) in [5, 5.41) is 5.30. The van der Waals surface area contributed by atoms with Gasteiger partial charge in [0.1, 0.15) is 11.6 Å². The Bertz CT molecular complexity index is 537. The molecule has 0 saturated heterocycles. The van der Waals surface area contributed by atoms with E-state index < -0.39 is 30.3 Å². The van der Waals surface area contributed by atoms with Crippen LogP contribution in [-0.4, -0.2) is 51.3 Å². The van der Waals surface area contributed by atoms with Crippen molar-refractivity contribution < 1.29 is 22.0 Å². The van der Waals surface area contributed by atoms with E-state index in [1.807, 2.05) is 0 Å². The first kappa shape index (κ1) is 20.1. The summed E-state index contributed by atoms with van der Waals surface area (Å²) >= 11 is 0. The molecule has 0 radical (unpaired) electrons. The minimum Gasteiger partial charge on any atom is -0.356 e. The van der Waals surface area contributed by atoms with Crippen molar-refractivity contribution in [1.82, 2.24) is 15.5 Å². The van der Waals surface area contributed by atoms with Crippen LogP contribution in [0.15, 0.2) is 23.2 Å². The second-order valence-electron chi connectivity index (χ2n) is 5.36. The van der Waals surface area contributed by atoms with E-state index in [2.05, 4.69) is 15.6 Å². The predicted molar refractivity (Wildman–Crippen MR) is 82.8 cm³/mol. The number of aliphatic imine (C=N–C) groups is 1. The normalized spacial score (nSPS) is 14.0. The Morgan fingerprint density at radius 2 is 1.75 bits per heavy atom. The van der Waals surface area contributed by atoms with Gasteiger partial charge in [0, 0.05) is 25.7 Å². The molecular weight excluding hydrogens is 331 g/mol. The molecule has 4 nitrogen and oxygen atoms in total. The van der Waals surface area contributed by atoms with Gasteiger partial charge in [-0.2, -0.15) is 13.2 Å². The minimum atomic E-state index is -4.27. The quantitative estimate of drug-likeness (QED) is 0.470. The fourth-order valence-electron chi connectivity index (χ4n) is 2.11. The summed E-state index contributed by atoms with van der Waals surface area (Å²) in [6.45, 7) is -0.277. The Labute approximate surface area is 137 Å². The first-order valence-corrected chi connectivity index (χ1v) is 7.27. The van der Waals surface area contributed by atoms with Crippen molar-refractivity contribution in [2.75, 3.05) is 34.2 Å². The zero-order chi connectivity index (χ0) is 18.3. The highest BCUT2D eigenvalue weighted by Crippen LogP contribution is 2.23. The van der Waals surface area contributed by atoms with Gasteiger partial charge in [-0.25, -0.2) is 8.78 Å². The van der Waals surface area contributed by atoms with Gasteiger partial charge in [0.25, 0.3) is 0 Å². The summed E-state index contributed by atoms with van der Waals surface area (Å²) in [6.07, 6.45) is -5.28. The van der Waals surface area contributed by atoms with Gasteiger partial charge in [0.15, 0.2) is 5.96 Å². The van der Waals surface area contributed by atoms with E-state index in [0.29, 0.717) is 0 Å². The van der Waals surface area contributed by atoms with E-state index in [4.69, 9.17) is 0 Å². The van der Waals surface area contributed by atoms with E-state index in [1.165, 1.54) is 13.1 Å². The van der Waals surface area contributed by atoms with E-state index in [1.54, 1.807) is 19.0 Å². The third-order valence-corrected chi connectivity index (χ3v) is 3.34. The number of guanidine groups is 1. The van der Waals surface area contributed by atoms with Crippen LogP contribution in [0.25, 0.3) is 0 Å². The Morgan fingerprint density at radius 1 is 1.17 bits per heavy atom. The Morgan fingerprint density at radius 3 is 2.21 bits per heavy atom. The van der Waals surface area contributed by atoms with Crippen molar-refractivity contribution in [2.24, 2.45) is 4.99 Å². The lowest BCUT2D eigenvalue weighted by atomic mass is 10.0. The lowest BCUT2D eigenvalue weighted by Crippen LogP contribution is -2.43. The van der Waals surface area contributed by atoms with Crippen molar-refractivity contribution >= 4 is 5.96 Å². The van der Waals surface area contributed by atoms with Crippen LogP contribution < -0.4 is 10.6 Å². The smallest absolute Gasteiger partial charge is 0.356 e. The molecule has 136 valence electrons. The van der Waals surface area contributed by atoms with Crippen LogP contribution in [0.5, 0.6) is 0 Å². The molecular formula is C15H21F5N4. The summed E-state index contributed by atoms with van der Waals surface area (Å²) in [7, 11) is 4.70. The van der Waals surface area contributed by atoms with Gasteiger partial charge in [0.05, 0.1) is 12.5 Å². The van der Waals surface area contributed by atoms with Crippen LogP contribution >= 0.6 is 0 Å². The second-order valence-corrected chi connectivity index (χ2v) is 5.36. The molecule has 0 fully saturated rings. The van der Waals surface area contributed by atoms with Gasteiger partial charge < -0.3 is 15.5 Å². The molecule has 0 spiro atoms. The summed E-state index contributed by atoms with van der Waals surface area (Å²) < 4.78 is 64.3. The largest absolute Gasteiger partial charge is 0.390 e. The van der Waals surface area contributed by atoms with Crippen molar-refractivity contribution in [2.45, 2.75) is 18.6 Å². The number of alkyl halides is 3. The predicted octanol–water partition coefficient (Wildman–Crippen LogP) is 2.68. The SMILES string of the molecule is CN=C(NCCC(F)(F)F)NCC(c1c(F)cccc1F)N(C)C. The fourth-order valence-corrected chi connectivity index (χ4v) is 2.11. The van der Waals surface area contributed by atoms with Gasteiger partial charge in [-0.1, -0.05) is 6.07 Å². The number of rotatable bonds is 6. The molecule has 2 N–H and O–H groups in total. The van der Waals surface area contributed by atoms with E-state index in [-0.39, 0.29) is 24.6 Å². The number of nitrogens with zero attached hydrogens (tertiary/aromatic N) is 2. The van der Waals surface area contributed by atoms with Gasteiger partial charge in [-0.15, -0.1) is 0 Å². The van der Waals surface area contributed by atoms with Crippen molar-refractivity contribution in [1.29, 1.82) is 0 Å². The zero-order valence-electron chi connectivity index (χ0n) is 13.7. The van der Waals surface area contributed by atoms with Crippen molar-refractivity contribution in [3.8, 4) is 0 Å². The first-order chi connectivity index (χ1) is 11.2. The average Bonchev–Trinajstić information content (AvgIpc) is 2.46.